The second-order valence-electron chi connectivity index (χ2n) is 5.14. The van der Waals surface area contributed by atoms with Crippen molar-refractivity contribution in [3.05, 3.63) is 24.7 Å². The number of carboxylic acid groups (broad SMARTS) is 2. The summed E-state index contributed by atoms with van der Waals surface area (Å²) in [6, 6.07) is 2.80. The van der Waals surface area contributed by atoms with Crippen molar-refractivity contribution in [2.75, 3.05) is 19.7 Å². The Morgan fingerprint density at radius 3 is 2.29 bits per heavy atom. The number of aliphatic hydroxyl groups is 1. The van der Waals surface area contributed by atoms with Gasteiger partial charge in [0.1, 0.15) is 12.1 Å². The van der Waals surface area contributed by atoms with Crippen molar-refractivity contribution < 1.29 is 29.3 Å². The van der Waals surface area contributed by atoms with Gasteiger partial charge in [0.05, 0.1) is 12.5 Å². The number of aliphatic carboxylic acids is 2. The maximum atomic E-state index is 10.4. The molecule has 2 rings (SSSR count). The summed E-state index contributed by atoms with van der Waals surface area (Å²) in [7, 11) is 0. The van der Waals surface area contributed by atoms with Crippen molar-refractivity contribution in [1.82, 2.24) is 10.6 Å². The molecule has 1 fully saturated rings. The van der Waals surface area contributed by atoms with Gasteiger partial charge in [0.15, 0.2) is 0 Å². The fourth-order valence-corrected chi connectivity index (χ4v) is 1.88. The van der Waals surface area contributed by atoms with E-state index < -0.39 is 18.0 Å². The third-order valence-corrected chi connectivity index (χ3v) is 3.14. The Bertz CT molecular complexity index is 401. The van der Waals surface area contributed by atoms with Crippen LogP contribution in [0.2, 0.25) is 0 Å². The van der Waals surface area contributed by atoms with Gasteiger partial charge in [0.2, 0.25) is 0 Å². The molecule has 1 aromatic rings. The van der Waals surface area contributed by atoms with E-state index in [-0.39, 0.29) is 19.1 Å². The van der Waals surface area contributed by atoms with Crippen LogP contribution < -0.4 is 10.6 Å². The molecule has 8 nitrogen and oxygen atoms in total. The highest BCUT2D eigenvalue weighted by Crippen LogP contribution is 2.03. The van der Waals surface area contributed by atoms with Crippen LogP contribution in [0.4, 0.5) is 0 Å². The van der Waals surface area contributed by atoms with Crippen LogP contribution in [0, 0.1) is 0 Å². The normalized spacial score (nSPS) is 17.0. The van der Waals surface area contributed by atoms with E-state index in [2.05, 4.69) is 15.1 Å². The number of furan rings is 1. The highest BCUT2D eigenvalue weighted by atomic mass is 16.4. The van der Waals surface area contributed by atoms with Gasteiger partial charge in [-0.1, -0.05) is 6.92 Å². The van der Waals surface area contributed by atoms with Gasteiger partial charge in [-0.05, 0) is 50.9 Å². The smallest absolute Gasteiger partial charge is 0.320 e. The molecule has 8 heteroatoms. The molecule has 1 aliphatic heterocycles. The van der Waals surface area contributed by atoms with Crippen LogP contribution in [0.25, 0.3) is 0 Å². The Kier molecular flexibility index (Phi) is 13.5. The molecule has 0 radical (unpaired) electrons. The summed E-state index contributed by atoms with van der Waals surface area (Å²) in [6.07, 6.45) is 6.21. The summed E-state index contributed by atoms with van der Waals surface area (Å²) in [6.45, 7) is 3.41. The lowest BCUT2D eigenvalue weighted by atomic mass is 10.2. The zero-order valence-electron chi connectivity index (χ0n) is 14.0. The van der Waals surface area contributed by atoms with Crippen molar-refractivity contribution in [2.24, 2.45) is 0 Å². The van der Waals surface area contributed by atoms with Gasteiger partial charge < -0.3 is 30.4 Å². The van der Waals surface area contributed by atoms with Crippen molar-refractivity contribution in [3.63, 3.8) is 0 Å². The van der Waals surface area contributed by atoms with E-state index in [0.717, 1.165) is 25.8 Å². The molecule has 0 aromatic carbocycles. The summed E-state index contributed by atoms with van der Waals surface area (Å²) in [5.74, 6) is -1.62. The lowest BCUT2D eigenvalue weighted by molar-refractivity contribution is -0.140. The largest absolute Gasteiger partial charge is 0.480 e. The topological polar surface area (TPSA) is 132 Å². The molecule has 0 spiro atoms. The van der Waals surface area contributed by atoms with E-state index in [4.69, 9.17) is 15.3 Å². The first-order chi connectivity index (χ1) is 11.5. The number of nitrogens with one attached hydrogen (secondary N) is 2. The van der Waals surface area contributed by atoms with Crippen LogP contribution >= 0.6 is 0 Å². The minimum atomic E-state index is -0.896. The number of hydrogen-bond donors (Lipinski definition) is 5. The van der Waals surface area contributed by atoms with E-state index in [1.54, 1.807) is 12.5 Å². The molecule has 0 saturated carbocycles. The Hall–Kier alpha value is -1.90. The Balaban J connectivity index is 0.000000352. The maximum absolute atomic E-state index is 10.4. The molecule has 1 unspecified atom stereocenters. The van der Waals surface area contributed by atoms with Crippen molar-refractivity contribution in [1.29, 1.82) is 0 Å². The van der Waals surface area contributed by atoms with Crippen LogP contribution in [0.3, 0.4) is 0 Å². The molecule has 1 aromatic heterocycles. The minimum Gasteiger partial charge on any atom is -0.480 e. The zero-order chi connectivity index (χ0) is 18.2. The second kappa shape index (κ2) is 14.7. The molecule has 0 amide bonds. The third-order valence-electron chi connectivity index (χ3n) is 3.14. The first-order valence-corrected chi connectivity index (χ1v) is 8.03. The SMILES string of the molecule is CCCNC(CCO)C(=O)O.O=C(O)[C@@H]1CCCN1.c1ccoc1. The second-order valence-corrected chi connectivity index (χ2v) is 5.14. The number of carboxylic acids is 2. The molecular formula is C16H28N2O6. The fraction of sp³-hybridized carbons (Fsp3) is 0.625. The predicted octanol–water partition coefficient (Wildman–Crippen LogP) is 0.924. The van der Waals surface area contributed by atoms with Gasteiger partial charge in [0, 0.05) is 6.61 Å². The quantitative estimate of drug-likeness (QED) is 0.493. The van der Waals surface area contributed by atoms with Crippen LogP contribution in [0.5, 0.6) is 0 Å². The average Bonchev–Trinajstić information content (AvgIpc) is 3.27. The van der Waals surface area contributed by atoms with Gasteiger partial charge in [0.25, 0.3) is 0 Å². The van der Waals surface area contributed by atoms with E-state index >= 15 is 0 Å². The predicted molar refractivity (Wildman–Crippen MR) is 88.8 cm³/mol. The van der Waals surface area contributed by atoms with E-state index in [1.165, 1.54) is 0 Å². The van der Waals surface area contributed by atoms with Crippen LogP contribution in [-0.2, 0) is 9.59 Å². The molecular weight excluding hydrogens is 316 g/mol. The van der Waals surface area contributed by atoms with Crippen LogP contribution in [0.1, 0.15) is 32.6 Å². The summed E-state index contributed by atoms with van der Waals surface area (Å²) < 4.78 is 4.58. The molecule has 24 heavy (non-hydrogen) atoms. The van der Waals surface area contributed by atoms with Gasteiger partial charge in [-0.25, -0.2) is 0 Å². The molecule has 1 aliphatic rings. The molecule has 0 bridgehead atoms. The van der Waals surface area contributed by atoms with Crippen LogP contribution in [-0.4, -0.2) is 59.0 Å². The summed E-state index contributed by atoms with van der Waals surface area (Å²) in [5.41, 5.74) is 0. The minimum absolute atomic E-state index is 0.0896. The first-order valence-electron chi connectivity index (χ1n) is 8.03. The van der Waals surface area contributed by atoms with Gasteiger partial charge in [-0.2, -0.15) is 0 Å². The number of carbonyl (C=O) groups is 2. The summed E-state index contributed by atoms with van der Waals surface area (Å²) >= 11 is 0. The lowest BCUT2D eigenvalue weighted by Gasteiger charge is -2.11. The zero-order valence-corrected chi connectivity index (χ0v) is 14.0. The Labute approximate surface area is 141 Å². The average molecular weight is 344 g/mol. The number of aliphatic hydroxyl groups excluding tert-OH is 1. The highest BCUT2D eigenvalue weighted by molar-refractivity contribution is 5.73. The fourth-order valence-electron chi connectivity index (χ4n) is 1.88. The summed E-state index contributed by atoms with van der Waals surface area (Å²) in [4.78, 5) is 20.6. The Morgan fingerprint density at radius 2 is 2.00 bits per heavy atom. The van der Waals surface area contributed by atoms with Crippen molar-refractivity contribution in [2.45, 2.75) is 44.7 Å². The molecule has 2 heterocycles. The molecule has 1 saturated heterocycles. The third kappa shape index (κ3) is 11.6. The summed E-state index contributed by atoms with van der Waals surface area (Å²) in [5, 5.41) is 31.1. The maximum Gasteiger partial charge on any atom is 0.320 e. The first kappa shape index (κ1) is 22.1. The molecule has 0 aliphatic carbocycles. The molecule has 2 atom stereocenters. The highest BCUT2D eigenvalue weighted by Gasteiger charge is 2.20. The Morgan fingerprint density at radius 1 is 1.33 bits per heavy atom. The van der Waals surface area contributed by atoms with Crippen LogP contribution in [0.15, 0.2) is 29.1 Å². The van der Waals surface area contributed by atoms with E-state index in [9.17, 15) is 9.59 Å². The van der Waals surface area contributed by atoms with E-state index in [1.807, 2.05) is 19.1 Å². The van der Waals surface area contributed by atoms with Gasteiger partial charge in [-0.15, -0.1) is 0 Å². The lowest BCUT2D eigenvalue weighted by Crippen LogP contribution is -2.37. The van der Waals surface area contributed by atoms with Crippen molar-refractivity contribution >= 4 is 11.9 Å². The van der Waals surface area contributed by atoms with Crippen molar-refractivity contribution in [3.8, 4) is 0 Å². The molecule has 5 N–H and O–H groups in total. The van der Waals surface area contributed by atoms with E-state index in [0.29, 0.717) is 6.54 Å². The number of rotatable bonds is 7. The van der Waals surface area contributed by atoms with Gasteiger partial charge in [-0.3, -0.25) is 9.59 Å². The standard InChI is InChI=1S/C7H15NO3.C5H9NO2.C4H4O/c1-2-4-8-6(3-5-9)7(10)11;7-5(8)4-2-1-3-6-4;1-2-4-5-3-1/h6,8-9H,2-5H2,1H3,(H,10,11);4,6H,1-3H2,(H,7,8);1-4H/t;4-;/m.0./s1. The monoisotopic (exact) mass is 344 g/mol. The van der Waals surface area contributed by atoms with Gasteiger partial charge >= 0.3 is 11.9 Å². The number of hydrogen-bond acceptors (Lipinski definition) is 6. The molecule has 138 valence electrons.